The van der Waals surface area contributed by atoms with Crippen LogP contribution in [0.15, 0.2) is 36.4 Å². The van der Waals surface area contributed by atoms with Gasteiger partial charge in [-0.1, -0.05) is 0 Å². The van der Waals surface area contributed by atoms with E-state index < -0.39 is 4.92 Å². The summed E-state index contributed by atoms with van der Waals surface area (Å²) >= 11 is 0. The molecule has 0 aromatic heterocycles. The minimum absolute atomic E-state index is 0.110. The van der Waals surface area contributed by atoms with Crippen molar-refractivity contribution >= 4 is 28.7 Å². The Morgan fingerprint density at radius 1 is 0.968 bits per heavy atom. The Balaban J connectivity index is 1.58. The lowest BCUT2D eigenvalue weighted by atomic mass is 10.1. The second-order valence-electron chi connectivity index (χ2n) is 7.61. The SMILES string of the molecule is Cc1cc(N2CCOCC2)ccc1NC(=O)c1cc([N+](=O)[O-])ccc1N1CCOCC1. The summed E-state index contributed by atoms with van der Waals surface area (Å²) < 4.78 is 10.8. The van der Waals surface area contributed by atoms with Crippen molar-refractivity contribution in [1.29, 1.82) is 0 Å². The van der Waals surface area contributed by atoms with Crippen LogP contribution in [0.2, 0.25) is 0 Å². The number of ether oxygens (including phenoxy) is 2. The van der Waals surface area contributed by atoms with Gasteiger partial charge in [0.05, 0.1) is 42.6 Å². The number of anilines is 3. The van der Waals surface area contributed by atoms with E-state index in [1.54, 1.807) is 6.07 Å². The Morgan fingerprint density at radius 2 is 1.61 bits per heavy atom. The zero-order chi connectivity index (χ0) is 21.8. The second kappa shape index (κ2) is 9.32. The Bertz CT molecular complexity index is 968. The summed E-state index contributed by atoms with van der Waals surface area (Å²) in [5.74, 6) is -0.368. The van der Waals surface area contributed by atoms with E-state index in [9.17, 15) is 14.9 Å². The predicted octanol–water partition coefficient (Wildman–Crippen LogP) is 2.83. The van der Waals surface area contributed by atoms with Crippen molar-refractivity contribution in [3.63, 3.8) is 0 Å². The van der Waals surface area contributed by atoms with Gasteiger partial charge in [0.25, 0.3) is 11.6 Å². The van der Waals surface area contributed by atoms with Gasteiger partial charge in [0.1, 0.15) is 0 Å². The molecule has 2 aromatic carbocycles. The van der Waals surface area contributed by atoms with E-state index in [2.05, 4.69) is 10.2 Å². The lowest BCUT2D eigenvalue weighted by Gasteiger charge is -2.30. The molecular weight excluding hydrogens is 400 g/mol. The normalized spacial score (nSPS) is 16.8. The number of benzene rings is 2. The van der Waals surface area contributed by atoms with Crippen LogP contribution in [0.4, 0.5) is 22.7 Å². The van der Waals surface area contributed by atoms with Crippen molar-refractivity contribution in [1.82, 2.24) is 0 Å². The molecule has 2 aliphatic rings. The standard InChI is InChI=1S/C22H26N4O5/c1-16-14-17(24-6-10-30-11-7-24)2-4-20(16)23-22(27)19-15-18(26(28)29)3-5-21(19)25-8-12-31-13-9-25/h2-5,14-15H,6-13H2,1H3,(H,23,27). The monoisotopic (exact) mass is 426 g/mol. The van der Waals surface area contributed by atoms with Crippen molar-refractivity contribution in [2.75, 3.05) is 67.7 Å². The first-order chi connectivity index (χ1) is 15.0. The number of rotatable bonds is 5. The van der Waals surface area contributed by atoms with Gasteiger partial charge in [0, 0.05) is 49.7 Å². The molecule has 0 spiro atoms. The molecule has 2 aliphatic heterocycles. The third-order valence-electron chi connectivity index (χ3n) is 5.62. The van der Waals surface area contributed by atoms with E-state index in [1.807, 2.05) is 30.0 Å². The van der Waals surface area contributed by atoms with E-state index in [4.69, 9.17) is 9.47 Å². The van der Waals surface area contributed by atoms with E-state index in [0.29, 0.717) is 50.9 Å². The summed E-state index contributed by atoms with van der Waals surface area (Å²) in [5, 5.41) is 14.2. The van der Waals surface area contributed by atoms with E-state index >= 15 is 0 Å². The average Bonchev–Trinajstić information content (AvgIpc) is 2.81. The first-order valence-electron chi connectivity index (χ1n) is 10.4. The molecule has 4 rings (SSSR count). The van der Waals surface area contributed by atoms with Gasteiger partial charge in [-0.15, -0.1) is 0 Å². The van der Waals surface area contributed by atoms with Gasteiger partial charge in [-0.2, -0.15) is 0 Å². The van der Waals surface area contributed by atoms with Gasteiger partial charge < -0.3 is 24.6 Å². The molecule has 9 heteroatoms. The Morgan fingerprint density at radius 3 is 2.23 bits per heavy atom. The number of nitro benzene ring substituents is 1. The number of nitrogens with zero attached hydrogens (tertiary/aromatic N) is 3. The van der Waals surface area contributed by atoms with Gasteiger partial charge in [-0.3, -0.25) is 14.9 Å². The minimum Gasteiger partial charge on any atom is -0.378 e. The summed E-state index contributed by atoms with van der Waals surface area (Å²) in [5.41, 5.74) is 3.54. The Kier molecular flexibility index (Phi) is 6.34. The van der Waals surface area contributed by atoms with Gasteiger partial charge in [0.15, 0.2) is 0 Å². The van der Waals surface area contributed by atoms with Gasteiger partial charge in [-0.25, -0.2) is 0 Å². The molecule has 0 bridgehead atoms. The fraction of sp³-hybridized carbons (Fsp3) is 0.409. The van der Waals surface area contributed by atoms with Crippen LogP contribution in [-0.2, 0) is 9.47 Å². The maximum absolute atomic E-state index is 13.2. The Hall–Kier alpha value is -3.17. The van der Waals surface area contributed by atoms with Crippen molar-refractivity contribution in [3.8, 4) is 0 Å². The molecule has 2 fully saturated rings. The quantitative estimate of drug-likeness (QED) is 0.580. The molecule has 1 amide bonds. The van der Waals surface area contributed by atoms with Crippen LogP contribution in [-0.4, -0.2) is 63.4 Å². The molecule has 0 radical (unpaired) electrons. The van der Waals surface area contributed by atoms with E-state index in [1.165, 1.54) is 12.1 Å². The fourth-order valence-electron chi connectivity index (χ4n) is 3.90. The highest BCUT2D eigenvalue weighted by molar-refractivity contribution is 6.09. The number of nitro groups is 1. The number of morpholine rings is 2. The first-order valence-corrected chi connectivity index (χ1v) is 10.4. The lowest BCUT2D eigenvalue weighted by Crippen LogP contribution is -2.37. The molecule has 2 heterocycles. The molecule has 0 atom stereocenters. The highest BCUT2D eigenvalue weighted by Gasteiger charge is 2.23. The number of nitrogens with one attached hydrogen (secondary N) is 1. The third kappa shape index (κ3) is 4.78. The van der Waals surface area contributed by atoms with Crippen molar-refractivity contribution in [2.45, 2.75) is 6.92 Å². The number of non-ortho nitro benzene ring substituents is 1. The molecule has 31 heavy (non-hydrogen) atoms. The summed E-state index contributed by atoms with van der Waals surface area (Å²) in [7, 11) is 0. The topological polar surface area (TPSA) is 97.2 Å². The van der Waals surface area contributed by atoms with Crippen LogP contribution in [0.1, 0.15) is 15.9 Å². The van der Waals surface area contributed by atoms with Gasteiger partial charge >= 0.3 is 0 Å². The molecule has 1 N–H and O–H groups in total. The van der Waals surface area contributed by atoms with E-state index in [-0.39, 0.29) is 17.2 Å². The molecule has 0 unspecified atom stereocenters. The van der Waals surface area contributed by atoms with Crippen LogP contribution in [0.25, 0.3) is 0 Å². The average molecular weight is 426 g/mol. The summed E-state index contributed by atoms with van der Waals surface area (Å²) in [4.78, 5) is 28.3. The maximum Gasteiger partial charge on any atom is 0.270 e. The molecule has 0 saturated carbocycles. The number of hydrogen-bond donors (Lipinski definition) is 1. The van der Waals surface area contributed by atoms with Crippen molar-refractivity contribution < 1.29 is 19.2 Å². The molecule has 9 nitrogen and oxygen atoms in total. The van der Waals surface area contributed by atoms with Crippen LogP contribution in [0.5, 0.6) is 0 Å². The zero-order valence-corrected chi connectivity index (χ0v) is 17.5. The molecule has 0 aliphatic carbocycles. The van der Waals surface area contributed by atoms with Crippen LogP contribution in [0, 0.1) is 17.0 Å². The summed E-state index contributed by atoms with van der Waals surface area (Å²) in [6, 6.07) is 10.3. The molecule has 2 saturated heterocycles. The first kappa shape index (κ1) is 21.1. The molecule has 2 aromatic rings. The highest BCUT2D eigenvalue weighted by Crippen LogP contribution is 2.29. The number of amides is 1. The lowest BCUT2D eigenvalue weighted by molar-refractivity contribution is -0.384. The largest absolute Gasteiger partial charge is 0.378 e. The predicted molar refractivity (Wildman–Crippen MR) is 118 cm³/mol. The smallest absolute Gasteiger partial charge is 0.270 e. The van der Waals surface area contributed by atoms with Gasteiger partial charge in [-0.05, 0) is 36.8 Å². The second-order valence-corrected chi connectivity index (χ2v) is 7.61. The van der Waals surface area contributed by atoms with E-state index in [0.717, 1.165) is 24.3 Å². The number of hydrogen-bond acceptors (Lipinski definition) is 7. The fourth-order valence-corrected chi connectivity index (χ4v) is 3.90. The zero-order valence-electron chi connectivity index (χ0n) is 17.5. The van der Waals surface area contributed by atoms with Crippen molar-refractivity contribution in [3.05, 3.63) is 57.6 Å². The molecular formula is C22H26N4O5. The Labute approximate surface area is 180 Å². The molecule has 164 valence electrons. The van der Waals surface area contributed by atoms with Crippen LogP contribution in [0.3, 0.4) is 0 Å². The minimum atomic E-state index is -0.484. The van der Waals surface area contributed by atoms with Gasteiger partial charge in [0.2, 0.25) is 0 Å². The highest BCUT2D eigenvalue weighted by atomic mass is 16.6. The number of carbonyl (C=O) groups excluding carboxylic acids is 1. The van der Waals surface area contributed by atoms with Crippen LogP contribution < -0.4 is 15.1 Å². The van der Waals surface area contributed by atoms with Crippen LogP contribution >= 0.6 is 0 Å². The number of carbonyl (C=O) groups is 1. The third-order valence-corrected chi connectivity index (χ3v) is 5.62. The number of aryl methyl sites for hydroxylation is 1. The summed E-state index contributed by atoms with van der Waals surface area (Å²) in [6.07, 6.45) is 0. The summed E-state index contributed by atoms with van der Waals surface area (Å²) in [6.45, 7) is 7.39. The van der Waals surface area contributed by atoms with Crippen molar-refractivity contribution in [2.24, 2.45) is 0 Å². The maximum atomic E-state index is 13.2.